The lowest BCUT2D eigenvalue weighted by atomic mass is 9.57. The van der Waals surface area contributed by atoms with E-state index < -0.39 is 0 Å². The van der Waals surface area contributed by atoms with E-state index in [1.54, 1.807) is 0 Å². The first kappa shape index (κ1) is 13.4. The van der Waals surface area contributed by atoms with Crippen molar-refractivity contribution in [3.05, 3.63) is 0 Å². The van der Waals surface area contributed by atoms with Gasteiger partial charge in [0, 0.05) is 6.04 Å². The van der Waals surface area contributed by atoms with E-state index in [1.807, 2.05) is 0 Å². The summed E-state index contributed by atoms with van der Waals surface area (Å²) in [6.45, 7) is 2.33. The van der Waals surface area contributed by atoms with Gasteiger partial charge in [0.05, 0.1) is 0 Å². The monoisotopic (exact) mass is 237 g/mol. The quantitative estimate of drug-likeness (QED) is 0.714. The fourth-order valence-electron chi connectivity index (χ4n) is 4.29. The van der Waals surface area contributed by atoms with Crippen molar-refractivity contribution in [2.75, 3.05) is 0 Å². The predicted molar refractivity (Wildman–Crippen MR) is 74.9 cm³/mol. The highest BCUT2D eigenvalue weighted by atomic mass is 14.8. The zero-order valence-corrected chi connectivity index (χ0v) is 11.7. The van der Waals surface area contributed by atoms with Crippen molar-refractivity contribution in [2.45, 2.75) is 83.6 Å². The molecular formula is C16H31N. The highest BCUT2D eigenvalue weighted by Gasteiger charge is 2.45. The molecule has 1 nitrogen and oxygen atoms in total. The Morgan fingerprint density at radius 1 is 0.765 bits per heavy atom. The summed E-state index contributed by atoms with van der Waals surface area (Å²) < 4.78 is 0. The van der Waals surface area contributed by atoms with E-state index in [9.17, 15) is 0 Å². The Morgan fingerprint density at radius 3 is 1.76 bits per heavy atom. The van der Waals surface area contributed by atoms with Gasteiger partial charge in [0.2, 0.25) is 0 Å². The van der Waals surface area contributed by atoms with Crippen molar-refractivity contribution >= 4 is 0 Å². The minimum absolute atomic E-state index is 0.535. The number of fused-ring (bicyclic) bond motifs is 1. The van der Waals surface area contributed by atoms with Gasteiger partial charge in [-0.25, -0.2) is 0 Å². The van der Waals surface area contributed by atoms with Crippen molar-refractivity contribution in [3.63, 3.8) is 0 Å². The second kappa shape index (κ2) is 6.78. The molecule has 1 heteroatoms. The molecule has 0 spiro atoms. The van der Waals surface area contributed by atoms with Gasteiger partial charge in [-0.15, -0.1) is 0 Å². The maximum absolute atomic E-state index is 6.37. The van der Waals surface area contributed by atoms with E-state index in [2.05, 4.69) is 6.92 Å². The van der Waals surface area contributed by atoms with Crippen LogP contribution in [0.15, 0.2) is 0 Å². The summed E-state index contributed by atoms with van der Waals surface area (Å²) in [6.07, 6.45) is 15.9. The van der Waals surface area contributed by atoms with Crippen LogP contribution in [0.5, 0.6) is 0 Å². The molecule has 0 bridgehead atoms. The minimum atomic E-state index is 0.535. The molecule has 0 aromatic rings. The van der Waals surface area contributed by atoms with E-state index in [1.165, 1.54) is 70.6 Å². The Bertz CT molecular complexity index is 214. The maximum Gasteiger partial charge on any atom is 0.0101 e. The van der Waals surface area contributed by atoms with Crippen LogP contribution >= 0.6 is 0 Å². The van der Waals surface area contributed by atoms with Crippen LogP contribution in [-0.4, -0.2) is 6.04 Å². The largest absolute Gasteiger partial charge is 0.327 e. The molecule has 4 atom stereocenters. The summed E-state index contributed by atoms with van der Waals surface area (Å²) >= 11 is 0. The van der Waals surface area contributed by atoms with Crippen molar-refractivity contribution in [1.29, 1.82) is 0 Å². The third-order valence-corrected chi connectivity index (χ3v) is 5.38. The predicted octanol–water partition coefficient (Wildman–Crippen LogP) is 4.50. The molecule has 0 aliphatic heterocycles. The normalized spacial score (nSPS) is 40.6. The van der Waals surface area contributed by atoms with Crippen LogP contribution in [0, 0.1) is 17.8 Å². The molecule has 17 heavy (non-hydrogen) atoms. The average Bonchev–Trinajstić information content (AvgIpc) is 2.32. The van der Waals surface area contributed by atoms with E-state index in [0.717, 1.165) is 17.8 Å². The maximum atomic E-state index is 6.37. The van der Waals surface area contributed by atoms with Crippen LogP contribution in [-0.2, 0) is 0 Å². The Kier molecular flexibility index (Phi) is 5.34. The second-order valence-electron chi connectivity index (χ2n) is 6.38. The molecule has 2 saturated carbocycles. The van der Waals surface area contributed by atoms with E-state index >= 15 is 0 Å². The summed E-state index contributed by atoms with van der Waals surface area (Å²) in [5, 5.41) is 0. The van der Waals surface area contributed by atoms with Gasteiger partial charge in [0.25, 0.3) is 0 Å². The molecule has 2 aliphatic rings. The topological polar surface area (TPSA) is 26.0 Å². The Labute approximate surface area is 108 Å². The van der Waals surface area contributed by atoms with Crippen LogP contribution in [0.1, 0.15) is 77.6 Å². The smallest absolute Gasteiger partial charge is 0.0101 e. The SMILES string of the molecule is CCC1C(N)C2CCCCCCCCCCC12. The van der Waals surface area contributed by atoms with Crippen molar-refractivity contribution < 1.29 is 0 Å². The van der Waals surface area contributed by atoms with E-state index in [4.69, 9.17) is 5.73 Å². The number of hydrogen-bond donors (Lipinski definition) is 1. The summed E-state index contributed by atoms with van der Waals surface area (Å²) in [5.74, 6) is 2.71. The molecule has 4 unspecified atom stereocenters. The van der Waals surface area contributed by atoms with Gasteiger partial charge in [0.15, 0.2) is 0 Å². The first-order valence-corrected chi connectivity index (χ1v) is 8.10. The highest BCUT2D eigenvalue weighted by molar-refractivity contribution is 4.98. The lowest BCUT2D eigenvalue weighted by Gasteiger charge is -2.51. The van der Waals surface area contributed by atoms with Crippen LogP contribution < -0.4 is 5.73 Å². The van der Waals surface area contributed by atoms with Gasteiger partial charge < -0.3 is 5.73 Å². The first-order valence-electron chi connectivity index (χ1n) is 8.10. The Morgan fingerprint density at radius 2 is 1.24 bits per heavy atom. The summed E-state index contributed by atoms with van der Waals surface area (Å²) in [4.78, 5) is 0. The van der Waals surface area contributed by atoms with Gasteiger partial charge in [-0.2, -0.15) is 0 Å². The summed E-state index contributed by atoms with van der Waals surface area (Å²) in [6, 6.07) is 0.535. The molecule has 2 N–H and O–H groups in total. The second-order valence-corrected chi connectivity index (χ2v) is 6.38. The van der Waals surface area contributed by atoms with E-state index in [-0.39, 0.29) is 0 Å². The van der Waals surface area contributed by atoms with Crippen molar-refractivity contribution in [3.8, 4) is 0 Å². The van der Waals surface area contributed by atoms with Crippen molar-refractivity contribution in [1.82, 2.24) is 0 Å². The highest BCUT2D eigenvalue weighted by Crippen LogP contribution is 2.47. The molecule has 0 heterocycles. The van der Waals surface area contributed by atoms with Gasteiger partial charge in [-0.3, -0.25) is 0 Å². The zero-order valence-electron chi connectivity index (χ0n) is 11.7. The molecule has 2 aliphatic carbocycles. The molecule has 0 aromatic carbocycles. The summed E-state index contributed by atoms with van der Waals surface area (Å²) in [7, 11) is 0. The van der Waals surface area contributed by atoms with Gasteiger partial charge in [0.1, 0.15) is 0 Å². The molecule has 100 valence electrons. The van der Waals surface area contributed by atoms with Crippen LogP contribution in [0.25, 0.3) is 0 Å². The number of rotatable bonds is 1. The molecule has 2 fully saturated rings. The minimum Gasteiger partial charge on any atom is -0.327 e. The molecular weight excluding hydrogens is 206 g/mol. The molecule has 0 radical (unpaired) electrons. The lowest BCUT2D eigenvalue weighted by molar-refractivity contribution is 0.0164. The molecule has 0 amide bonds. The van der Waals surface area contributed by atoms with Gasteiger partial charge in [-0.1, -0.05) is 64.7 Å². The van der Waals surface area contributed by atoms with Gasteiger partial charge >= 0.3 is 0 Å². The van der Waals surface area contributed by atoms with Crippen LogP contribution in [0.3, 0.4) is 0 Å². The molecule has 2 rings (SSSR count). The first-order chi connectivity index (χ1) is 8.34. The average molecular weight is 237 g/mol. The fourth-order valence-corrected chi connectivity index (χ4v) is 4.29. The van der Waals surface area contributed by atoms with Crippen LogP contribution in [0.4, 0.5) is 0 Å². The van der Waals surface area contributed by atoms with Crippen molar-refractivity contribution in [2.24, 2.45) is 23.5 Å². The number of hydrogen-bond acceptors (Lipinski definition) is 1. The van der Waals surface area contributed by atoms with Gasteiger partial charge in [-0.05, 0) is 30.6 Å². The number of nitrogens with two attached hydrogens (primary N) is 1. The lowest BCUT2D eigenvalue weighted by Crippen LogP contribution is -2.56. The fraction of sp³-hybridized carbons (Fsp3) is 1.00. The zero-order chi connectivity index (χ0) is 12.1. The van der Waals surface area contributed by atoms with Crippen LogP contribution in [0.2, 0.25) is 0 Å². The molecule has 0 saturated heterocycles. The Hall–Kier alpha value is -0.0400. The third-order valence-electron chi connectivity index (χ3n) is 5.38. The Balaban J connectivity index is 1.85. The summed E-state index contributed by atoms with van der Waals surface area (Å²) in [5.41, 5.74) is 6.37. The molecule has 0 aromatic heterocycles. The van der Waals surface area contributed by atoms with E-state index in [0.29, 0.717) is 6.04 Å². The standard InChI is InChI=1S/C16H31N/c1-2-13-14-11-9-7-5-3-4-6-8-10-12-15(14)16(13)17/h13-16H,2-12,17H2,1H3. The third kappa shape index (κ3) is 3.24.